The summed E-state index contributed by atoms with van der Waals surface area (Å²) in [5, 5.41) is 0. The topological polar surface area (TPSA) is 52.6 Å². The minimum Gasteiger partial charge on any atom is -0.325 e. The van der Waals surface area contributed by atoms with E-state index in [4.69, 9.17) is 9.22 Å². The van der Waals surface area contributed by atoms with Crippen molar-refractivity contribution in [1.82, 2.24) is 0 Å². The zero-order valence-corrected chi connectivity index (χ0v) is 17.0. The van der Waals surface area contributed by atoms with E-state index in [1.165, 1.54) is 25.7 Å². The lowest BCUT2D eigenvalue weighted by molar-refractivity contribution is -0.0775. The van der Waals surface area contributed by atoms with Crippen LogP contribution in [0.4, 0.5) is 0 Å². The summed E-state index contributed by atoms with van der Waals surface area (Å²) in [6.45, 7) is 4.18. The van der Waals surface area contributed by atoms with Gasteiger partial charge in [0.15, 0.2) is 5.75 Å². The van der Waals surface area contributed by atoms with Crippen molar-refractivity contribution in [3.05, 3.63) is 29.8 Å². The summed E-state index contributed by atoms with van der Waals surface area (Å²) in [5.41, 5.74) is 1.14. The summed E-state index contributed by atoms with van der Waals surface area (Å²) in [5.74, 6) is 1.74. The molecule has 0 atom stereocenters. The van der Waals surface area contributed by atoms with Crippen LogP contribution in [-0.4, -0.2) is 25.7 Å². The fourth-order valence-corrected chi connectivity index (χ4v) is 6.01. The molecule has 0 saturated carbocycles. The highest BCUT2D eigenvalue weighted by atomic mass is 33.1. The molecule has 0 saturated heterocycles. The van der Waals surface area contributed by atoms with Gasteiger partial charge in [0.1, 0.15) is 0 Å². The number of hydrogen-bond donors (Lipinski definition) is 0. The predicted molar refractivity (Wildman–Crippen MR) is 105 cm³/mol. The second-order valence-electron chi connectivity index (χ2n) is 5.64. The van der Waals surface area contributed by atoms with Gasteiger partial charge in [-0.25, -0.2) is 8.42 Å². The quantitative estimate of drug-likeness (QED) is 0.139. The van der Waals surface area contributed by atoms with Crippen LogP contribution < -0.4 is 4.89 Å². The number of aryl methyl sites for hydroxylation is 1. The van der Waals surface area contributed by atoms with Gasteiger partial charge in [-0.05, 0) is 36.3 Å². The molecule has 0 bridgehead atoms. The molecule has 0 aromatic heterocycles. The third kappa shape index (κ3) is 11.2. The van der Waals surface area contributed by atoms with Crippen LogP contribution in [0.5, 0.6) is 5.75 Å². The van der Waals surface area contributed by atoms with Crippen molar-refractivity contribution in [2.45, 2.75) is 52.4 Å². The summed E-state index contributed by atoms with van der Waals surface area (Å²) >= 11 is 1.02. The zero-order chi connectivity index (χ0) is 17.7. The van der Waals surface area contributed by atoms with Crippen LogP contribution in [0.3, 0.4) is 0 Å². The maximum atomic E-state index is 11.9. The van der Waals surface area contributed by atoms with Crippen molar-refractivity contribution in [1.29, 1.82) is 0 Å². The lowest BCUT2D eigenvalue weighted by atomic mass is 10.1. The molecule has 0 N–H and O–H groups in total. The summed E-state index contributed by atoms with van der Waals surface area (Å²) in [6, 6.07) is 7.46. The largest absolute Gasteiger partial charge is 0.325 e. The van der Waals surface area contributed by atoms with Crippen molar-refractivity contribution in [3.63, 3.8) is 0 Å². The number of unbranched alkanes of at least 4 members (excludes halogenated alkanes) is 5. The molecule has 0 unspecified atom stereocenters. The van der Waals surface area contributed by atoms with Crippen LogP contribution in [0, 0.1) is 6.92 Å². The maximum Gasteiger partial charge on any atom is 0.202 e. The van der Waals surface area contributed by atoms with E-state index in [1.54, 1.807) is 0 Å². The number of benzene rings is 1. The van der Waals surface area contributed by atoms with Crippen LogP contribution >= 0.6 is 22.8 Å². The Hall–Kier alpha value is -0.370. The smallest absolute Gasteiger partial charge is 0.202 e. The van der Waals surface area contributed by atoms with Crippen LogP contribution in [0.2, 0.25) is 0 Å². The van der Waals surface area contributed by atoms with E-state index in [0.29, 0.717) is 17.3 Å². The van der Waals surface area contributed by atoms with Crippen molar-refractivity contribution in [3.8, 4) is 5.75 Å². The third-order valence-electron chi connectivity index (χ3n) is 3.38. The molecule has 24 heavy (non-hydrogen) atoms. The van der Waals surface area contributed by atoms with Gasteiger partial charge < -0.3 is 4.89 Å². The van der Waals surface area contributed by atoms with Gasteiger partial charge in [-0.1, -0.05) is 56.7 Å². The lowest BCUT2D eigenvalue weighted by Crippen LogP contribution is -2.05. The first kappa shape index (κ1) is 21.7. The first-order chi connectivity index (χ1) is 11.5. The molecule has 0 heterocycles. The second-order valence-corrected chi connectivity index (χ2v) is 10.8. The molecule has 1 rings (SSSR count). The van der Waals surface area contributed by atoms with Gasteiger partial charge in [-0.15, -0.1) is 4.33 Å². The molecule has 0 aliphatic rings. The highest BCUT2D eigenvalue weighted by molar-refractivity contribution is 8.72. The molecule has 0 fully saturated rings. The van der Waals surface area contributed by atoms with Crippen molar-refractivity contribution >= 4 is 31.7 Å². The molecular formula is C17H28O4S3. The van der Waals surface area contributed by atoms with Gasteiger partial charge in [-0.3, -0.25) is 0 Å². The van der Waals surface area contributed by atoms with Gasteiger partial charge in [0.2, 0.25) is 8.87 Å². The Kier molecular flexibility index (Phi) is 11.7. The summed E-state index contributed by atoms with van der Waals surface area (Å²) in [6.07, 6.45) is 7.04. The molecule has 7 heteroatoms. The van der Waals surface area contributed by atoms with E-state index >= 15 is 0 Å². The minimum absolute atomic E-state index is 0.0927. The predicted octanol–water partition coefficient (Wildman–Crippen LogP) is 5.38. The Morgan fingerprint density at radius 2 is 1.62 bits per heavy atom. The molecule has 0 aliphatic heterocycles. The Labute approximate surface area is 154 Å². The molecule has 0 radical (unpaired) electrons. The Morgan fingerprint density at radius 3 is 2.33 bits per heavy atom. The van der Waals surface area contributed by atoms with Crippen LogP contribution in [-0.2, 0) is 13.2 Å². The number of hydrogen-bond acceptors (Lipinski definition) is 6. The highest BCUT2D eigenvalue weighted by Gasteiger charge is 2.11. The second kappa shape index (κ2) is 12.9. The lowest BCUT2D eigenvalue weighted by Gasteiger charge is -2.05. The van der Waals surface area contributed by atoms with Crippen LogP contribution in [0.15, 0.2) is 24.3 Å². The van der Waals surface area contributed by atoms with E-state index in [-0.39, 0.29) is 5.75 Å². The minimum atomic E-state index is -3.07. The van der Waals surface area contributed by atoms with E-state index in [0.717, 1.165) is 41.2 Å². The summed E-state index contributed by atoms with van der Waals surface area (Å²) in [4.78, 5) is 5.08. The summed E-state index contributed by atoms with van der Waals surface area (Å²) in [7, 11) is -2.01. The van der Waals surface area contributed by atoms with Gasteiger partial charge in [0, 0.05) is 23.5 Å². The first-order valence-electron chi connectivity index (χ1n) is 8.43. The van der Waals surface area contributed by atoms with E-state index in [2.05, 4.69) is 6.92 Å². The average Bonchev–Trinajstić information content (AvgIpc) is 2.55. The molecule has 0 spiro atoms. The first-order valence-corrected chi connectivity index (χ1v) is 12.5. The Bertz CT molecular complexity index is 529. The summed E-state index contributed by atoms with van der Waals surface area (Å²) < 4.78 is 28.8. The third-order valence-corrected chi connectivity index (χ3v) is 7.77. The van der Waals surface area contributed by atoms with Gasteiger partial charge in [0.25, 0.3) is 0 Å². The van der Waals surface area contributed by atoms with E-state index in [9.17, 15) is 8.42 Å². The number of rotatable bonds is 14. The van der Waals surface area contributed by atoms with Gasteiger partial charge in [0.05, 0.1) is 5.75 Å². The van der Waals surface area contributed by atoms with Gasteiger partial charge >= 0.3 is 0 Å². The molecule has 138 valence electrons. The Balaban J connectivity index is 2.03. The normalized spacial score (nSPS) is 11.6. The van der Waals surface area contributed by atoms with Crippen LogP contribution in [0.1, 0.15) is 51.0 Å². The molecule has 0 amide bonds. The maximum absolute atomic E-state index is 11.9. The Morgan fingerprint density at radius 1 is 0.958 bits per heavy atom. The monoisotopic (exact) mass is 392 g/mol. The standard InChI is InChI=1S/C17H28O4S3/c1-3-4-5-6-7-8-13-23-24(18,19)15-14-22-21-20-17-11-9-16(2)10-12-17/h9-12H,3-8,13-15H2,1-2H3. The van der Waals surface area contributed by atoms with E-state index < -0.39 is 8.87 Å². The van der Waals surface area contributed by atoms with Gasteiger partial charge in [-0.2, -0.15) is 0 Å². The fourth-order valence-electron chi connectivity index (χ4n) is 1.95. The molecule has 0 aliphatic carbocycles. The van der Waals surface area contributed by atoms with Crippen molar-refractivity contribution in [2.24, 2.45) is 0 Å². The van der Waals surface area contributed by atoms with E-state index in [1.807, 2.05) is 31.2 Å². The fraction of sp³-hybridized carbons (Fsp3) is 0.647. The van der Waals surface area contributed by atoms with Crippen molar-refractivity contribution in [2.75, 3.05) is 17.3 Å². The molecule has 1 aromatic carbocycles. The van der Waals surface area contributed by atoms with Crippen molar-refractivity contribution < 1.29 is 17.6 Å². The highest BCUT2D eigenvalue weighted by Crippen LogP contribution is 2.19. The van der Waals surface area contributed by atoms with Crippen LogP contribution in [0.25, 0.3) is 0 Å². The molecule has 4 nitrogen and oxygen atoms in total. The molecular weight excluding hydrogens is 364 g/mol. The zero-order valence-electron chi connectivity index (χ0n) is 14.5. The SMILES string of the molecule is CCCCCCCCSS(=O)(=O)CCSOOc1ccc(C)cc1. The molecule has 1 aromatic rings. The average molecular weight is 393 g/mol.